The van der Waals surface area contributed by atoms with Crippen LogP contribution in [0.1, 0.15) is 32.3 Å². The second kappa shape index (κ2) is 6.24. The molecule has 0 bridgehead atoms. The fourth-order valence-corrected chi connectivity index (χ4v) is 2.59. The Bertz CT molecular complexity index is 433. The molecule has 1 aromatic carbocycles. The Labute approximate surface area is 113 Å². The number of hydrogen-bond acceptors (Lipinski definition) is 2. The molecule has 4 heteroatoms. The topological polar surface area (TPSA) is 20.3 Å². The van der Waals surface area contributed by atoms with Gasteiger partial charge >= 0.3 is 0 Å². The van der Waals surface area contributed by atoms with Gasteiger partial charge in [-0.2, -0.15) is 0 Å². The second-order valence-electron chi connectivity index (χ2n) is 5.01. The highest BCUT2D eigenvalue weighted by atomic mass is 19.1. The lowest BCUT2D eigenvalue weighted by Crippen LogP contribution is -2.50. The van der Waals surface area contributed by atoms with E-state index in [1.807, 2.05) is 32.8 Å². The zero-order valence-corrected chi connectivity index (χ0v) is 12.0. The second-order valence-corrected chi connectivity index (χ2v) is 5.01. The van der Waals surface area contributed by atoms with Gasteiger partial charge in [0.2, 0.25) is 0 Å². The highest BCUT2D eigenvalue weighted by Gasteiger charge is 2.36. The summed E-state index contributed by atoms with van der Waals surface area (Å²) >= 11 is 0. The molecule has 0 aliphatic heterocycles. The first-order valence-corrected chi connectivity index (χ1v) is 6.51. The van der Waals surface area contributed by atoms with Crippen molar-refractivity contribution in [1.82, 2.24) is 4.90 Å². The van der Waals surface area contributed by atoms with E-state index >= 15 is 0 Å². The average Bonchev–Trinajstić information content (AvgIpc) is 2.29. The van der Waals surface area contributed by atoms with Crippen molar-refractivity contribution in [2.45, 2.75) is 38.6 Å². The lowest BCUT2D eigenvalue weighted by atomic mass is 9.83. The third-order valence-electron chi connectivity index (χ3n) is 3.83. The monoisotopic (exact) mass is 269 g/mol. The molecule has 0 unspecified atom stereocenters. The molecule has 0 spiro atoms. The maximum absolute atomic E-state index is 13.1. The van der Waals surface area contributed by atoms with Crippen LogP contribution in [0.15, 0.2) is 18.2 Å². The van der Waals surface area contributed by atoms with Crippen molar-refractivity contribution >= 4 is 5.78 Å². The summed E-state index contributed by atoms with van der Waals surface area (Å²) < 4.78 is 26.3. The maximum atomic E-state index is 13.1. The Morgan fingerprint density at radius 1 is 1.11 bits per heavy atom. The molecule has 0 heterocycles. The van der Waals surface area contributed by atoms with Gasteiger partial charge in [0, 0.05) is 12.5 Å². The quantitative estimate of drug-likeness (QED) is 0.790. The van der Waals surface area contributed by atoms with E-state index in [2.05, 4.69) is 0 Å². The van der Waals surface area contributed by atoms with Gasteiger partial charge in [-0.05, 0) is 44.6 Å². The van der Waals surface area contributed by atoms with Crippen molar-refractivity contribution in [3.8, 4) is 0 Å². The summed E-state index contributed by atoms with van der Waals surface area (Å²) in [6.45, 7) is 3.90. The fourth-order valence-electron chi connectivity index (χ4n) is 2.59. The molecule has 0 atom stereocenters. The molecule has 19 heavy (non-hydrogen) atoms. The molecule has 0 aliphatic carbocycles. The SMILES string of the molecule is CCC(CC)(C(=O)Cc1cc(F)cc(F)c1)N(C)C. The molecule has 0 N–H and O–H groups in total. The number of hydrogen-bond donors (Lipinski definition) is 0. The largest absolute Gasteiger partial charge is 0.297 e. The van der Waals surface area contributed by atoms with Crippen LogP contribution in [0.2, 0.25) is 0 Å². The summed E-state index contributed by atoms with van der Waals surface area (Å²) in [5.74, 6) is -1.30. The van der Waals surface area contributed by atoms with E-state index in [9.17, 15) is 13.6 Å². The number of ketones is 1. The third-order valence-corrected chi connectivity index (χ3v) is 3.83. The van der Waals surface area contributed by atoms with E-state index in [-0.39, 0.29) is 12.2 Å². The van der Waals surface area contributed by atoms with E-state index in [4.69, 9.17) is 0 Å². The first-order valence-electron chi connectivity index (χ1n) is 6.51. The van der Waals surface area contributed by atoms with E-state index in [0.717, 1.165) is 6.07 Å². The van der Waals surface area contributed by atoms with Crippen molar-refractivity contribution < 1.29 is 13.6 Å². The normalized spacial score (nSPS) is 11.9. The number of carbonyl (C=O) groups is 1. The van der Waals surface area contributed by atoms with Gasteiger partial charge in [0.15, 0.2) is 5.78 Å². The zero-order chi connectivity index (χ0) is 14.6. The Hall–Kier alpha value is -1.29. The van der Waals surface area contributed by atoms with Gasteiger partial charge < -0.3 is 0 Å². The van der Waals surface area contributed by atoms with Crippen LogP contribution >= 0.6 is 0 Å². The van der Waals surface area contributed by atoms with Gasteiger partial charge in [-0.1, -0.05) is 13.8 Å². The summed E-state index contributed by atoms with van der Waals surface area (Å²) in [6, 6.07) is 3.24. The number of likely N-dealkylation sites (N-methyl/N-ethyl adjacent to an activating group) is 1. The number of halogens is 2. The summed E-state index contributed by atoms with van der Waals surface area (Å²) in [5.41, 5.74) is -0.182. The minimum Gasteiger partial charge on any atom is -0.297 e. The van der Waals surface area contributed by atoms with E-state index in [0.29, 0.717) is 18.4 Å². The first-order chi connectivity index (χ1) is 8.85. The van der Waals surface area contributed by atoms with Crippen molar-refractivity contribution in [1.29, 1.82) is 0 Å². The van der Waals surface area contributed by atoms with Crippen molar-refractivity contribution in [3.05, 3.63) is 35.4 Å². The highest BCUT2D eigenvalue weighted by Crippen LogP contribution is 2.24. The van der Waals surface area contributed by atoms with Gasteiger partial charge in [0.1, 0.15) is 11.6 Å². The van der Waals surface area contributed by atoms with Gasteiger partial charge in [-0.3, -0.25) is 9.69 Å². The van der Waals surface area contributed by atoms with Crippen LogP contribution in [-0.2, 0) is 11.2 Å². The Kier molecular flexibility index (Phi) is 5.18. The number of nitrogens with zero attached hydrogens (tertiary/aromatic N) is 1. The molecule has 0 amide bonds. The van der Waals surface area contributed by atoms with Gasteiger partial charge in [0.25, 0.3) is 0 Å². The molecule has 0 saturated heterocycles. The number of Topliss-reactive ketones (excluding diaryl/α,β-unsaturated/α-hetero) is 1. The minimum absolute atomic E-state index is 0.00694. The van der Waals surface area contributed by atoms with E-state index < -0.39 is 17.2 Å². The molecular formula is C15H21F2NO. The first kappa shape index (κ1) is 15.8. The predicted octanol–water partition coefficient (Wildman–Crippen LogP) is 3.20. The van der Waals surface area contributed by atoms with Crippen LogP contribution in [0.25, 0.3) is 0 Å². The molecule has 0 saturated carbocycles. The van der Waals surface area contributed by atoms with E-state index in [1.54, 1.807) is 0 Å². The Morgan fingerprint density at radius 3 is 1.95 bits per heavy atom. The third kappa shape index (κ3) is 3.38. The standard InChI is InChI=1S/C15H21F2NO/c1-5-15(6-2,18(3)4)14(19)9-11-7-12(16)10-13(17)8-11/h7-8,10H,5-6,9H2,1-4H3. The molecule has 1 rings (SSSR count). The van der Waals surface area contributed by atoms with Crippen LogP contribution in [0.5, 0.6) is 0 Å². The van der Waals surface area contributed by atoms with Gasteiger partial charge in [0.05, 0.1) is 5.54 Å². The number of rotatable bonds is 6. The lowest BCUT2D eigenvalue weighted by molar-refractivity contribution is -0.129. The molecule has 2 nitrogen and oxygen atoms in total. The lowest BCUT2D eigenvalue weighted by Gasteiger charge is -2.37. The molecule has 1 aromatic rings. The highest BCUT2D eigenvalue weighted by molar-refractivity contribution is 5.90. The van der Waals surface area contributed by atoms with Crippen LogP contribution < -0.4 is 0 Å². The van der Waals surface area contributed by atoms with Gasteiger partial charge in [-0.25, -0.2) is 8.78 Å². The molecule has 0 aromatic heterocycles. The summed E-state index contributed by atoms with van der Waals surface area (Å²) in [5, 5.41) is 0. The Balaban J connectivity index is 3.00. The van der Waals surface area contributed by atoms with Crippen LogP contribution in [0.4, 0.5) is 8.78 Å². The summed E-state index contributed by atoms with van der Waals surface area (Å²) in [4.78, 5) is 14.4. The summed E-state index contributed by atoms with van der Waals surface area (Å²) in [7, 11) is 3.72. The number of carbonyl (C=O) groups excluding carboxylic acids is 1. The molecule has 0 aliphatic rings. The predicted molar refractivity (Wildman–Crippen MR) is 72.1 cm³/mol. The van der Waals surface area contributed by atoms with Crippen LogP contribution in [0.3, 0.4) is 0 Å². The summed E-state index contributed by atoms with van der Waals surface area (Å²) in [6.07, 6.45) is 1.40. The Morgan fingerprint density at radius 2 is 1.58 bits per heavy atom. The maximum Gasteiger partial charge on any atom is 0.157 e. The smallest absolute Gasteiger partial charge is 0.157 e. The van der Waals surface area contributed by atoms with Crippen LogP contribution in [0, 0.1) is 11.6 Å². The zero-order valence-electron chi connectivity index (χ0n) is 12.0. The number of benzene rings is 1. The van der Waals surface area contributed by atoms with Gasteiger partial charge in [-0.15, -0.1) is 0 Å². The molecule has 106 valence electrons. The van der Waals surface area contributed by atoms with Crippen molar-refractivity contribution in [2.24, 2.45) is 0 Å². The molecule has 0 radical (unpaired) electrons. The minimum atomic E-state index is -0.647. The molecule has 0 fully saturated rings. The van der Waals surface area contributed by atoms with Crippen LogP contribution in [-0.4, -0.2) is 30.3 Å². The molecular weight excluding hydrogens is 248 g/mol. The fraction of sp³-hybridized carbons (Fsp3) is 0.533. The van der Waals surface area contributed by atoms with E-state index in [1.165, 1.54) is 12.1 Å². The van der Waals surface area contributed by atoms with Crippen molar-refractivity contribution in [3.63, 3.8) is 0 Å². The average molecular weight is 269 g/mol. The van der Waals surface area contributed by atoms with Crippen molar-refractivity contribution in [2.75, 3.05) is 14.1 Å².